The van der Waals surface area contributed by atoms with Crippen molar-refractivity contribution in [2.45, 2.75) is 32.9 Å². The minimum atomic E-state index is -4.10. The predicted molar refractivity (Wildman–Crippen MR) is 54.7 cm³/mol. The van der Waals surface area contributed by atoms with Gasteiger partial charge in [0.05, 0.1) is 5.92 Å². The molecule has 84 valence electrons. The van der Waals surface area contributed by atoms with Crippen molar-refractivity contribution in [1.29, 1.82) is 0 Å². The highest BCUT2D eigenvalue weighted by Crippen LogP contribution is 2.29. The van der Waals surface area contributed by atoms with Crippen molar-refractivity contribution >= 4 is 0 Å². The Labute approximate surface area is 88.1 Å². The number of rotatable bonds is 3. The second-order valence-electron chi connectivity index (χ2n) is 3.77. The van der Waals surface area contributed by atoms with Crippen molar-refractivity contribution in [1.82, 2.24) is 0 Å². The van der Waals surface area contributed by atoms with E-state index in [9.17, 15) is 13.2 Å². The van der Waals surface area contributed by atoms with Gasteiger partial charge in [0, 0.05) is 0 Å². The summed E-state index contributed by atoms with van der Waals surface area (Å²) in [5.74, 6) is -1.27. The first-order valence-electron chi connectivity index (χ1n) is 5.08. The third-order valence-corrected chi connectivity index (χ3v) is 2.58. The lowest BCUT2D eigenvalue weighted by molar-refractivity contribution is -0.169. The number of hydrogen-bond acceptors (Lipinski definition) is 0. The Kier molecular flexibility index (Phi) is 3.77. The SMILES string of the molecule is CCc1ccccc1C[C@@H](C)C(F)(F)F. The molecule has 0 radical (unpaired) electrons. The molecule has 0 heterocycles. The standard InChI is InChI=1S/C12H15F3/c1-3-10-6-4-5-7-11(10)8-9(2)12(13,14)15/h4-7,9H,3,8H2,1-2H3/t9-/m1/s1. The summed E-state index contributed by atoms with van der Waals surface area (Å²) in [7, 11) is 0. The first kappa shape index (κ1) is 12.1. The number of aryl methyl sites for hydroxylation is 1. The molecule has 0 fully saturated rings. The molecule has 1 atom stereocenters. The molecular formula is C12H15F3. The summed E-state index contributed by atoms with van der Waals surface area (Å²) in [5, 5.41) is 0. The van der Waals surface area contributed by atoms with E-state index in [-0.39, 0.29) is 6.42 Å². The van der Waals surface area contributed by atoms with Gasteiger partial charge in [0.15, 0.2) is 0 Å². The van der Waals surface area contributed by atoms with Crippen LogP contribution in [0.4, 0.5) is 13.2 Å². The molecule has 1 aromatic carbocycles. The van der Waals surface area contributed by atoms with E-state index in [1.165, 1.54) is 6.92 Å². The van der Waals surface area contributed by atoms with Gasteiger partial charge >= 0.3 is 6.18 Å². The molecule has 0 saturated carbocycles. The predicted octanol–water partition coefficient (Wildman–Crippen LogP) is 3.99. The van der Waals surface area contributed by atoms with E-state index in [2.05, 4.69) is 0 Å². The molecule has 0 bridgehead atoms. The third-order valence-electron chi connectivity index (χ3n) is 2.58. The average Bonchev–Trinajstić information content (AvgIpc) is 2.17. The second-order valence-corrected chi connectivity index (χ2v) is 3.77. The molecule has 0 aliphatic heterocycles. The van der Waals surface area contributed by atoms with Gasteiger partial charge < -0.3 is 0 Å². The van der Waals surface area contributed by atoms with E-state index >= 15 is 0 Å². The fourth-order valence-electron chi connectivity index (χ4n) is 1.55. The minimum absolute atomic E-state index is 0.0769. The summed E-state index contributed by atoms with van der Waals surface area (Å²) in [6.45, 7) is 3.18. The molecule has 15 heavy (non-hydrogen) atoms. The van der Waals surface area contributed by atoms with Crippen molar-refractivity contribution < 1.29 is 13.2 Å². The maximum Gasteiger partial charge on any atom is 0.391 e. The van der Waals surface area contributed by atoms with Gasteiger partial charge in [0.2, 0.25) is 0 Å². The Morgan fingerprint density at radius 3 is 2.13 bits per heavy atom. The van der Waals surface area contributed by atoms with Crippen molar-refractivity contribution in [2.24, 2.45) is 5.92 Å². The summed E-state index contributed by atoms with van der Waals surface area (Å²) in [5.41, 5.74) is 1.82. The molecule has 0 amide bonds. The number of benzene rings is 1. The Morgan fingerprint density at radius 1 is 1.13 bits per heavy atom. The summed E-state index contributed by atoms with van der Waals surface area (Å²) in [6.07, 6.45) is -3.24. The van der Waals surface area contributed by atoms with Crippen LogP contribution in [0.2, 0.25) is 0 Å². The molecule has 3 heteroatoms. The van der Waals surface area contributed by atoms with Crippen molar-refractivity contribution in [2.75, 3.05) is 0 Å². The quantitative estimate of drug-likeness (QED) is 0.716. The lowest BCUT2D eigenvalue weighted by atomic mass is 9.95. The van der Waals surface area contributed by atoms with Crippen LogP contribution in [0, 0.1) is 5.92 Å². The topological polar surface area (TPSA) is 0 Å². The maximum atomic E-state index is 12.4. The highest BCUT2D eigenvalue weighted by Gasteiger charge is 2.35. The summed E-state index contributed by atoms with van der Waals surface area (Å²) >= 11 is 0. The first-order chi connectivity index (χ1) is 6.95. The third kappa shape index (κ3) is 3.26. The van der Waals surface area contributed by atoms with E-state index < -0.39 is 12.1 Å². The Balaban J connectivity index is 2.80. The average molecular weight is 216 g/mol. The van der Waals surface area contributed by atoms with Crippen molar-refractivity contribution in [3.63, 3.8) is 0 Å². The Morgan fingerprint density at radius 2 is 1.67 bits per heavy atom. The minimum Gasteiger partial charge on any atom is -0.171 e. The highest BCUT2D eigenvalue weighted by atomic mass is 19.4. The zero-order valence-electron chi connectivity index (χ0n) is 8.93. The normalized spacial score (nSPS) is 13.9. The van der Waals surface area contributed by atoms with Gasteiger partial charge in [0.25, 0.3) is 0 Å². The number of hydrogen-bond donors (Lipinski definition) is 0. The van der Waals surface area contributed by atoms with E-state index in [1.54, 1.807) is 12.1 Å². The van der Waals surface area contributed by atoms with Gasteiger partial charge in [-0.3, -0.25) is 0 Å². The molecule has 0 N–H and O–H groups in total. The van der Waals surface area contributed by atoms with Crippen LogP contribution in [0.15, 0.2) is 24.3 Å². The van der Waals surface area contributed by atoms with Crippen molar-refractivity contribution in [3.8, 4) is 0 Å². The molecular weight excluding hydrogens is 201 g/mol. The fourth-order valence-corrected chi connectivity index (χ4v) is 1.55. The van der Waals surface area contributed by atoms with Gasteiger partial charge in [-0.25, -0.2) is 0 Å². The van der Waals surface area contributed by atoms with E-state index in [0.29, 0.717) is 0 Å². The molecule has 1 rings (SSSR count). The maximum absolute atomic E-state index is 12.4. The second kappa shape index (κ2) is 4.69. The number of halogens is 3. The lowest BCUT2D eigenvalue weighted by Gasteiger charge is -2.17. The highest BCUT2D eigenvalue weighted by molar-refractivity contribution is 5.27. The smallest absolute Gasteiger partial charge is 0.171 e. The molecule has 0 unspecified atom stereocenters. The van der Waals surface area contributed by atoms with Gasteiger partial charge in [0.1, 0.15) is 0 Å². The van der Waals surface area contributed by atoms with Gasteiger partial charge in [-0.2, -0.15) is 13.2 Å². The Hall–Kier alpha value is -0.990. The summed E-state index contributed by atoms with van der Waals surface area (Å²) in [6, 6.07) is 7.32. The zero-order valence-corrected chi connectivity index (χ0v) is 8.93. The van der Waals surface area contributed by atoms with Crippen LogP contribution in [0.3, 0.4) is 0 Å². The molecule has 0 saturated heterocycles. The van der Waals surface area contributed by atoms with Crippen LogP contribution >= 0.6 is 0 Å². The first-order valence-corrected chi connectivity index (χ1v) is 5.08. The number of alkyl halides is 3. The Bertz CT molecular complexity index is 315. The monoisotopic (exact) mass is 216 g/mol. The van der Waals surface area contributed by atoms with E-state index in [1.807, 2.05) is 19.1 Å². The van der Waals surface area contributed by atoms with Crippen LogP contribution in [0.1, 0.15) is 25.0 Å². The van der Waals surface area contributed by atoms with E-state index in [4.69, 9.17) is 0 Å². The van der Waals surface area contributed by atoms with Crippen LogP contribution < -0.4 is 0 Å². The fraction of sp³-hybridized carbons (Fsp3) is 0.500. The molecule has 0 aromatic heterocycles. The molecule has 0 nitrogen and oxygen atoms in total. The summed E-state index contributed by atoms with van der Waals surface area (Å²) in [4.78, 5) is 0. The summed E-state index contributed by atoms with van der Waals surface area (Å²) < 4.78 is 37.1. The van der Waals surface area contributed by atoms with Crippen molar-refractivity contribution in [3.05, 3.63) is 35.4 Å². The largest absolute Gasteiger partial charge is 0.391 e. The van der Waals surface area contributed by atoms with E-state index in [0.717, 1.165) is 17.5 Å². The van der Waals surface area contributed by atoms with Crippen LogP contribution in [-0.4, -0.2) is 6.18 Å². The van der Waals surface area contributed by atoms with Crippen LogP contribution in [0.5, 0.6) is 0 Å². The van der Waals surface area contributed by atoms with Crippen LogP contribution in [-0.2, 0) is 12.8 Å². The molecule has 0 aliphatic carbocycles. The lowest BCUT2D eigenvalue weighted by Crippen LogP contribution is -2.22. The molecule has 1 aromatic rings. The van der Waals surface area contributed by atoms with Gasteiger partial charge in [-0.15, -0.1) is 0 Å². The zero-order chi connectivity index (χ0) is 11.5. The van der Waals surface area contributed by atoms with Gasteiger partial charge in [-0.1, -0.05) is 38.1 Å². The molecule has 0 spiro atoms. The van der Waals surface area contributed by atoms with Gasteiger partial charge in [-0.05, 0) is 24.0 Å². The van der Waals surface area contributed by atoms with Crippen LogP contribution in [0.25, 0.3) is 0 Å². The molecule has 0 aliphatic rings.